The molecule has 6 nitrogen and oxygen atoms in total. The van der Waals surface area contributed by atoms with Crippen molar-refractivity contribution in [1.82, 2.24) is 4.90 Å². The van der Waals surface area contributed by atoms with E-state index in [1.165, 1.54) is 18.1 Å². The quantitative estimate of drug-likeness (QED) is 0.397. The monoisotopic (exact) mass is 437 g/mol. The van der Waals surface area contributed by atoms with Crippen LogP contribution in [0.4, 0.5) is 0 Å². The number of phenolic OH excluding ortho intramolecular Hbond substituents is 1. The van der Waals surface area contributed by atoms with Crippen molar-refractivity contribution in [3.63, 3.8) is 0 Å². The lowest BCUT2D eigenvalue weighted by Crippen LogP contribution is -2.30. The zero-order valence-corrected chi connectivity index (χ0v) is 19.5. The number of phenols is 1. The van der Waals surface area contributed by atoms with Gasteiger partial charge < -0.3 is 19.8 Å². The first-order chi connectivity index (χ1) is 15.0. The molecule has 1 aliphatic heterocycles. The van der Waals surface area contributed by atoms with Crippen LogP contribution in [0, 0.1) is 6.92 Å². The summed E-state index contributed by atoms with van der Waals surface area (Å²) < 4.78 is 5.12. The third-order valence-corrected chi connectivity index (χ3v) is 5.88. The summed E-state index contributed by atoms with van der Waals surface area (Å²) in [6, 6.07) is 9.74. The maximum atomic E-state index is 13.1. The molecule has 0 saturated carbocycles. The molecule has 1 unspecified atom stereocenters. The Kier molecular flexibility index (Phi) is 6.35. The summed E-state index contributed by atoms with van der Waals surface area (Å²) in [5.41, 5.74) is 2.73. The van der Waals surface area contributed by atoms with Crippen LogP contribution >= 0.6 is 0 Å². The number of methoxy groups -OCH3 is 1. The van der Waals surface area contributed by atoms with Crippen molar-refractivity contribution < 1.29 is 24.5 Å². The van der Waals surface area contributed by atoms with E-state index in [0.717, 1.165) is 11.1 Å². The number of amides is 1. The molecule has 0 aromatic heterocycles. The highest BCUT2D eigenvalue weighted by molar-refractivity contribution is 6.46. The lowest BCUT2D eigenvalue weighted by molar-refractivity contribution is -0.139. The van der Waals surface area contributed by atoms with Crippen LogP contribution in [0.15, 0.2) is 42.0 Å². The fourth-order valence-electron chi connectivity index (χ4n) is 4.06. The molecule has 32 heavy (non-hydrogen) atoms. The topological polar surface area (TPSA) is 87.1 Å². The SMILES string of the molecule is CCCN1C(=O)C(=O)/C(=C(/O)c2cc(C(C)(C)C)ccc2C)C1c1ccc(OC)c(O)c1. The Morgan fingerprint density at radius 2 is 1.81 bits per heavy atom. The number of benzene rings is 2. The summed E-state index contributed by atoms with van der Waals surface area (Å²) in [6.07, 6.45) is 0.643. The lowest BCUT2D eigenvalue weighted by atomic mass is 9.84. The number of ether oxygens (including phenoxy) is 1. The molecule has 1 fully saturated rings. The minimum absolute atomic E-state index is 0.0298. The molecule has 0 spiro atoms. The first-order valence-corrected chi connectivity index (χ1v) is 10.8. The molecule has 2 aromatic carbocycles. The largest absolute Gasteiger partial charge is 0.507 e. The van der Waals surface area contributed by atoms with Crippen molar-refractivity contribution >= 4 is 17.4 Å². The zero-order valence-electron chi connectivity index (χ0n) is 19.5. The fourth-order valence-corrected chi connectivity index (χ4v) is 4.06. The number of hydrogen-bond acceptors (Lipinski definition) is 5. The second kappa shape index (κ2) is 8.69. The highest BCUT2D eigenvalue weighted by Gasteiger charge is 2.46. The van der Waals surface area contributed by atoms with Gasteiger partial charge in [0.15, 0.2) is 11.5 Å². The highest BCUT2D eigenvalue weighted by Crippen LogP contribution is 2.42. The summed E-state index contributed by atoms with van der Waals surface area (Å²) in [5, 5.41) is 21.7. The Labute approximate surface area is 189 Å². The normalized spacial score (nSPS) is 18.3. The van der Waals surface area contributed by atoms with Gasteiger partial charge in [0.25, 0.3) is 11.7 Å². The van der Waals surface area contributed by atoms with Gasteiger partial charge in [-0.25, -0.2) is 0 Å². The van der Waals surface area contributed by atoms with Crippen LogP contribution in [0.2, 0.25) is 0 Å². The van der Waals surface area contributed by atoms with Crippen LogP contribution in [-0.2, 0) is 15.0 Å². The lowest BCUT2D eigenvalue weighted by Gasteiger charge is -2.25. The molecule has 0 bridgehead atoms. The predicted octanol–water partition coefficient (Wildman–Crippen LogP) is 4.84. The van der Waals surface area contributed by atoms with Crippen LogP contribution in [0.1, 0.15) is 62.4 Å². The van der Waals surface area contributed by atoms with E-state index in [9.17, 15) is 19.8 Å². The molecule has 0 aliphatic carbocycles. The van der Waals surface area contributed by atoms with Gasteiger partial charge in [0.1, 0.15) is 5.76 Å². The van der Waals surface area contributed by atoms with Gasteiger partial charge in [-0.3, -0.25) is 9.59 Å². The maximum Gasteiger partial charge on any atom is 0.295 e. The first-order valence-electron chi connectivity index (χ1n) is 10.8. The number of aryl methyl sites for hydroxylation is 1. The van der Waals surface area contributed by atoms with Crippen LogP contribution in [0.5, 0.6) is 11.5 Å². The molecule has 1 aliphatic rings. The van der Waals surface area contributed by atoms with E-state index in [1.807, 2.05) is 32.0 Å². The van der Waals surface area contributed by atoms with E-state index in [-0.39, 0.29) is 28.2 Å². The Balaban J connectivity index is 2.26. The predicted molar refractivity (Wildman–Crippen MR) is 124 cm³/mol. The number of nitrogens with zero attached hydrogens (tertiary/aromatic N) is 1. The molecular formula is C26H31NO5. The van der Waals surface area contributed by atoms with Gasteiger partial charge in [0, 0.05) is 12.1 Å². The minimum atomic E-state index is -0.801. The van der Waals surface area contributed by atoms with Crippen molar-refractivity contribution in [2.24, 2.45) is 0 Å². The van der Waals surface area contributed by atoms with Crippen molar-refractivity contribution in [1.29, 1.82) is 0 Å². The van der Waals surface area contributed by atoms with Gasteiger partial charge in [-0.05, 0) is 53.6 Å². The molecule has 1 saturated heterocycles. The molecule has 1 amide bonds. The summed E-state index contributed by atoms with van der Waals surface area (Å²) in [6.45, 7) is 10.3. The van der Waals surface area contributed by atoms with E-state index in [1.54, 1.807) is 12.1 Å². The fraction of sp³-hybridized carbons (Fsp3) is 0.385. The summed E-state index contributed by atoms with van der Waals surface area (Å²) in [7, 11) is 1.45. The Bertz CT molecular complexity index is 1090. The van der Waals surface area contributed by atoms with Gasteiger partial charge in [-0.2, -0.15) is 0 Å². The smallest absolute Gasteiger partial charge is 0.295 e. The van der Waals surface area contributed by atoms with Crippen molar-refractivity contribution in [3.8, 4) is 11.5 Å². The third-order valence-electron chi connectivity index (χ3n) is 5.88. The maximum absolute atomic E-state index is 13.1. The van der Waals surface area contributed by atoms with Crippen LogP contribution < -0.4 is 4.74 Å². The number of aliphatic hydroxyl groups excluding tert-OH is 1. The number of likely N-dealkylation sites (tertiary alicyclic amines) is 1. The molecule has 2 N–H and O–H groups in total. The van der Waals surface area contributed by atoms with Crippen molar-refractivity contribution in [3.05, 3.63) is 64.2 Å². The van der Waals surface area contributed by atoms with Crippen molar-refractivity contribution in [2.45, 2.75) is 52.5 Å². The number of carbonyl (C=O) groups is 2. The van der Waals surface area contributed by atoms with Gasteiger partial charge in [0.2, 0.25) is 0 Å². The highest BCUT2D eigenvalue weighted by atomic mass is 16.5. The van der Waals surface area contributed by atoms with Gasteiger partial charge in [-0.1, -0.05) is 45.9 Å². The minimum Gasteiger partial charge on any atom is -0.507 e. The van der Waals surface area contributed by atoms with Crippen molar-refractivity contribution in [2.75, 3.05) is 13.7 Å². The number of ketones is 1. The molecule has 0 radical (unpaired) electrons. The number of Topliss-reactive ketones (excluding diaryl/α,β-unsaturated/α-hetero) is 1. The standard InChI is InChI=1S/C26H31NO5/c1-7-12-27-22(16-9-11-20(32-6)19(28)13-16)21(24(30)25(27)31)23(29)18-14-17(26(3,4)5)10-8-15(18)2/h8-11,13-14,22,28-29H,7,12H2,1-6H3/b23-21+. The van der Waals surface area contributed by atoms with Gasteiger partial charge in [-0.15, -0.1) is 0 Å². The van der Waals surface area contributed by atoms with Crippen LogP contribution in [0.3, 0.4) is 0 Å². The van der Waals surface area contributed by atoms with E-state index in [4.69, 9.17) is 4.74 Å². The number of aromatic hydroxyl groups is 1. The molecule has 3 rings (SSSR count). The third kappa shape index (κ3) is 4.09. The summed E-state index contributed by atoms with van der Waals surface area (Å²) in [4.78, 5) is 27.4. The van der Waals surface area contributed by atoms with E-state index in [0.29, 0.717) is 24.1 Å². The molecule has 170 valence electrons. The number of rotatable bonds is 5. The molecule has 6 heteroatoms. The Hall–Kier alpha value is -3.28. The second-order valence-corrected chi connectivity index (χ2v) is 9.20. The summed E-state index contributed by atoms with van der Waals surface area (Å²) in [5.74, 6) is -1.39. The zero-order chi connectivity index (χ0) is 23.8. The number of carbonyl (C=O) groups excluding carboxylic acids is 2. The van der Waals surface area contributed by atoms with Crippen LogP contribution in [0.25, 0.3) is 5.76 Å². The Morgan fingerprint density at radius 3 is 2.38 bits per heavy atom. The molecule has 1 atom stereocenters. The average molecular weight is 438 g/mol. The van der Waals surface area contributed by atoms with E-state index in [2.05, 4.69) is 20.8 Å². The van der Waals surface area contributed by atoms with Gasteiger partial charge >= 0.3 is 0 Å². The summed E-state index contributed by atoms with van der Waals surface area (Å²) >= 11 is 0. The second-order valence-electron chi connectivity index (χ2n) is 9.20. The Morgan fingerprint density at radius 1 is 1.12 bits per heavy atom. The molecular weight excluding hydrogens is 406 g/mol. The number of hydrogen-bond donors (Lipinski definition) is 2. The van der Waals surface area contributed by atoms with Gasteiger partial charge in [0.05, 0.1) is 18.7 Å². The van der Waals surface area contributed by atoms with E-state index >= 15 is 0 Å². The first kappa shape index (κ1) is 23.4. The number of aliphatic hydroxyl groups is 1. The molecule has 1 heterocycles. The molecule has 2 aromatic rings. The van der Waals surface area contributed by atoms with Crippen LogP contribution in [-0.4, -0.2) is 40.5 Å². The van der Waals surface area contributed by atoms with E-state index < -0.39 is 17.7 Å². The average Bonchev–Trinajstić information content (AvgIpc) is 2.98.